The van der Waals surface area contributed by atoms with Crippen LogP contribution in [-0.4, -0.2) is 40.7 Å². The molecule has 1 aliphatic carbocycles. The van der Waals surface area contributed by atoms with Crippen molar-refractivity contribution in [2.45, 2.75) is 58.0 Å². The molecule has 2 aromatic carbocycles. The SMILES string of the molecule is C=CCN(CC(=O)N1N=C(c2cc(C)ccc2C)C[C@H]1c1cccc(F)c1)C1CCCC1. The van der Waals surface area contributed by atoms with Gasteiger partial charge < -0.3 is 0 Å². The van der Waals surface area contributed by atoms with Crippen molar-refractivity contribution in [2.75, 3.05) is 13.1 Å². The number of carbonyl (C=O) groups is 1. The normalized spacial score (nSPS) is 18.9. The molecule has 2 aromatic rings. The van der Waals surface area contributed by atoms with E-state index >= 15 is 0 Å². The summed E-state index contributed by atoms with van der Waals surface area (Å²) in [6.07, 6.45) is 7.08. The predicted molar refractivity (Wildman–Crippen MR) is 127 cm³/mol. The zero-order valence-corrected chi connectivity index (χ0v) is 19.1. The van der Waals surface area contributed by atoms with E-state index in [2.05, 4.69) is 43.5 Å². The average molecular weight is 434 g/mol. The van der Waals surface area contributed by atoms with E-state index in [1.165, 1.54) is 25.0 Å². The summed E-state index contributed by atoms with van der Waals surface area (Å²) in [5, 5.41) is 6.41. The maximum atomic E-state index is 14.0. The van der Waals surface area contributed by atoms with Gasteiger partial charge in [0.05, 0.1) is 18.3 Å². The number of carbonyl (C=O) groups excluding carboxylic acids is 1. The maximum absolute atomic E-state index is 14.0. The standard InChI is InChI=1S/C27H32FN3O/c1-4-14-30(23-10-5-6-11-23)18-27(32)31-26(21-8-7-9-22(28)16-21)17-25(29-31)24-15-19(2)12-13-20(24)3/h4,7-9,12-13,15-16,23,26H,1,5-6,10-11,14,17-18H2,2-3H3/t26-/m0/s1. The second kappa shape index (κ2) is 9.78. The fraction of sp³-hybridized carbons (Fsp3) is 0.407. The molecule has 5 heteroatoms. The second-order valence-corrected chi connectivity index (χ2v) is 9.03. The minimum atomic E-state index is -0.303. The summed E-state index contributed by atoms with van der Waals surface area (Å²) < 4.78 is 14.0. The molecule has 0 saturated heterocycles. The van der Waals surface area contributed by atoms with E-state index in [0.29, 0.717) is 25.6 Å². The molecule has 0 radical (unpaired) electrons. The predicted octanol–water partition coefficient (Wildman–Crippen LogP) is 5.55. The van der Waals surface area contributed by atoms with Crippen molar-refractivity contribution in [2.24, 2.45) is 5.10 Å². The van der Waals surface area contributed by atoms with E-state index in [9.17, 15) is 9.18 Å². The first kappa shape index (κ1) is 22.4. The van der Waals surface area contributed by atoms with E-state index in [1.54, 1.807) is 11.1 Å². The Hall–Kier alpha value is -2.79. The van der Waals surface area contributed by atoms with Gasteiger partial charge in [0.2, 0.25) is 0 Å². The molecule has 1 saturated carbocycles. The Morgan fingerprint density at radius 3 is 2.72 bits per heavy atom. The Balaban J connectivity index is 1.65. The molecule has 0 unspecified atom stereocenters. The molecule has 4 rings (SSSR count). The van der Waals surface area contributed by atoms with E-state index in [1.807, 2.05) is 12.1 Å². The Morgan fingerprint density at radius 1 is 1.22 bits per heavy atom. The first-order valence-corrected chi connectivity index (χ1v) is 11.5. The minimum Gasteiger partial charge on any atom is -0.288 e. The van der Waals surface area contributed by atoms with Crippen molar-refractivity contribution in [3.63, 3.8) is 0 Å². The monoisotopic (exact) mass is 433 g/mol. The highest BCUT2D eigenvalue weighted by Crippen LogP contribution is 2.34. The van der Waals surface area contributed by atoms with Crippen LogP contribution in [0.1, 0.15) is 60.4 Å². The third-order valence-electron chi connectivity index (χ3n) is 6.65. The van der Waals surface area contributed by atoms with Gasteiger partial charge in [0.15, 0.2) is 0 Å². The van der Waals surface area contributed by atoms with Crippen molar-refractivity contribution in [1.29, 1.82) is 0 Å². The molecule has 168 valence electrons. The molecule has 0 N–H and O–H groups in total. The molecule has 32 heavy (non-hydrogen) atoms. The number of halogens is 1. The van der Waals surface area contributed by atoms with Crippen molar-refractivity contribution in [3.8, 4) is 0 Å². The Morgan fingerprint density at radius 2 is 2.00 bits per heavy atom. The number of rotatable bonds is 7. The van der Waals surface area contributed by atoms with Gasteiger partial charge in [0.25, 0.3) is 5.91 Å². The van der Waals surface area contributed by atoms with Crippen LogP contribution in [0.15, 0.2) is 60.2 Å². The number of amides is 1. The van der Waals surface area contributed by atoms with Crippen molar-refractivity contribution in [1.82, 2.24) is 9.91 Å². The van der Waals surface area contributed by atoms with Gasteiger partial charge in [0, 0.05) is 24.6 Å². The molecule has 1 atom stereocenters. The van der Waals surface area contributed by atoms with Crippen LogP contribution in [0.2, 0.25) is 0 Å². The van der Waals surface area contributed by atoms with E-state index in [0.717, 1.165) is 40.8 Å². The fourth-order valence-electron chi connectivity index (χ4n) is 4.95. The molecular weight excluding hydrogens is 401 g/mol. The molecule has 0 bridgehead atoms. The molecule has 1 fully saturated rings. The minimum absolute atomic E-state index is 0.0479. The number of hydrogen-bond donors (Lipinski definition) is 0. The van der Waals surface area contributed by atoms with Crippen LogP contribution in [0.5, 0.6) is 0 Å². The number of nitrogens with zero attached hydrogens (tertiary/aromatic N) is 3. The molecule has 1 heterocycles. The zero-order valence-electron chi connectivity index (χ0n) is 19.1. The molecule has 1 aliphatic heterocycles. The van der Waals surface area contributed by atoms with Gasteiger partial charge in [-0.05, 0) is 56.0 Å². The van der Waals surface area contributed by atoms with Crippen LogP contribution >= 0.6 is 0 Å². The van der Waals surface area contributed by atoms with Crippen LogP contribution in [-0.2, 0) is 4.79 Å². The zero-order chi connectivity index (χ0) is 22.7. The number of benzene rings is 2. The topological polar surface area (TPSA) is 35.9 Å². The number of hydrazone groups is 1. The lowest BCUT2D eigenvalue weighted by Gasteiger charge is -2.30. The summed E-state index contributed by atoms with van der Waals surface area (Å²) in [5.74, 6) is -0.345. The van der Waals surface area contributed by atoms with Gasteiger partial charge in [-0.1, -0.05) is 48.7 Å². The molecule has 1 amide bonds. The highest BCUT2D eigenvalue weighted by molar-refractivity contribution is 6.04. The van der Waals surface area contributed by atoms with Crippen LogP contribution in [0.3, 0.4) is 0 Å². The van der Waals surface area contributed by atoms with Gasteiger partial charge in [-0.3, -0.25) is 9.69 Å². The van der Waals surface area contributed by atoms with Crippen LogP contribution < -0.4 is 0 Å². The van der Waals surface area contributed by atoms with E-state index in [-0.39, 0.29) is 17.8 Å². The lowest BCUT2D eigenvalue weighted by molar-refractivity contribution is -0.134. The van der Waals surface area contributed by atoms with E-state index < -0.39 is 0 Å². The van der Waals surface area contributed by atoms with Crippen molar-refractivity contribution in [3.05, 3.63) is 83.2 Å². The van der Waals surface area contributed by atoms with Crippen LogP contribution in [0, 0.1) is 19.7 Å². The Kier molecular flexibility index (Phi) is 6.85. The largest absolute Gasteiger partial charge is 0.288 e. The summed E-state index contributed by atoms with van der Waals surface area (Å²) in [4.78, 5) is 15.8. The first-order chi connectivity index (χ1) is 15.5. The van der Waals surface area contributed by atoms with Crippen molar-refractivity contribution >= 4 is 11.6 Å². The third-order valence-corrected chi connectivity index (χ3v) is 6.65. The van der Waals surface area contributed by atoms with Crippen LogP contribution in [0.4, 0.5) is 4.39 Å². The van der Waals surface area contributed by atoms with E-state index in [4.69, 9.17) is 5.10 Å². The Labute approximate surface area is 190 Å². The summed E-state index contributed by atoms with van der Waals surface area (Å²) in [5.41, 5.74) is 4.99. The first-order valence-electron chi connectivity index (χ1n) is 11.5. The quantitative estimate of drug-likeness (QED) is 0.537. The molecular formula is C27H32FN3O. The smallest absolute Gasteiger partial charge is 0.257 e. The van der Waals surface area contributed by atoms with Gasteiger partial charge in [-0.25, -0.2) is 9.40 Å². The van der Waals surface area contributed by atoms with Crippen LogP contribution in [0.25, 0.3) is 0 Å². The van der Waals surface area contributed by atoms with Gasteiger partial charge in [0.1, 0.15) is 5.82 Å². The second-order valence-electron chi connectivity index (χ2n) is 9.03. The molecule has 0 aromatic heterocycles. The lowest BCUT2D eigenvalue weighted by atomic mass is 9.95. The summed E-state index contributed by atoms with van der Waals surface area (Å²) in [6.45, 7) is 8.98. The van der Waals surface area contributed by atoms with Gasteiger partial charge in [-0.15, -0.1) is 6.58 Å². The molecule has 0 spiro atoms. The average Bonchev–Trinajstić information content (AvgIpc) is 3.45. The maximum Gasteiger partial charge on any atom is 0.257 e. The van der Waals surface area contributed by atoms with Crippen molar-refractivity contribution < 1.29 is 9.18 Å². The molecule has 4 nitrogen and oxygen atoms in total. The summed E-state index contributed by atoms with van der Waals surface area (Å²) in [7, 11) is 0. The lowest BCUT2D eigenvalue weighted by Crippen LogP contribution is -2.42. The Bertz CT molecular complexity index is 1030. The number of hydrogen-bond acceptors (Lipinski definition) is 3. The highest BCUT2D eigenvalue weighted by atomic mass is 19.1. The molecule has 2 aliphatic rings. The third kappa shape index (κ3) is 4.83. The number of aryl methyl sites for hydroxylation is 2. The fourth-order valence-corrected chi connectivity index (χ4v) is 4.95. The van der Waals surface area contributed by atoms with Gasteiger partial charge in [-0.2, -0.15) is 5.10 Å². The summed E-state index contributed by atoms with van der Waals surface area (Å²) in [6, 6.07) is 12.9. The summed E-state index contributed by atoms with van der Waals surface area (Å²) >= 11 is 0. The van der Waals surface area contributed by atoms with Gasteiger partial charge >= 0.3 is 0 Å². The highest BCUT2D eigenvalue weighted by Gasteiger charge is 2.35.